The van der Waals surface area contributed by atoms with Crippen molar-refractivity contribution in [3.05, 3.63) is 32.5 Å². The summed E-state index contributed by atoms with van der Waals surface area (Å²) in [5.74, 6) is -0.326. The van der Waals surface area contributed by atoms with Gasteiger partial charge in [-0.25, -0.2) is 14.9 Å². The zero-order chi connectivity index (χ0) is 16.3. The summed E-state index contributed by atoms with van der Waals surface area (Å²) in [6.07, 6.45) is 3.72. The van der Waals surface area contributed by atoms with Crippen LogP contribution in [0.25, 0.3) is 0 Å². The normalized spacial score (nSPS) is 16.0. The molecule has 0 aliphatic heterocycles. The second-order valence-electron chi connectivity index (χ2n) is 4.99. The topological polar surface area (TPSA) is 98.3 Å². The number of hydrazone groups is 1. The fraction of sp³-hybridized carbons (Fsp3) is 0.462. The molecule has 1 aliphatic carbocycles. The Morgan fingerprint density at radius 1 is 1.41 bits per heavy atom. The summed E-state index contributed by atoms with van der Waals surface area (Å²) in [6, 6.07) is 0. The minimum atomic E-state index is -0.512. The molecule has 0 saturated heterocycles. The SMILES string of the molecule is CC1=C/C(=N/NC(=O)CSc2nn(C)c(=O)n(C)c2=O)CC1. The molecule has 118 valence electrons. The van der Waals surface area contributed by atoms with Gasteiger partial charge in [0.1, 0.15) is 0 Å². The third-order valence-corrected chi connectivity index (χ3v) is 4.08. The van der Waals surface area contributed by atoms with Crippen LogP contribution in [0.3, 0.4) is 0 Å². The first kappa shape index (κ1) is 16.2. The minimum Gasteiger partial charge on any atom is -0.272 e. The summed E-state index contributed by atoms with van der Waals surface area (Å²) in [4.78, 5) is 35.1. The highest BCUT2D eigenvalue weighted by Crippen LogP contribution is 2.14. The molecule has 9 heteroatoms. The highest BCUT2D eigenvalue weighted by Gasteiger charge is 2.12. The number of rotatable bonds is 4. The molecule has 0 atom stereocenters. The summed E-state index contributed by atoms with van der Waals surface area (Å²) >= 11 is 0.974. The van der Waals surface area contributed by atoms with Crippen molar-refractivity contribution >= 4 is 23.4 Å². The van der Waals surface area contributed by atoms with Crippen LogP contribution in [0.1, 0.15) is 19.8 Å². The van der Waals surface area contributed by atoms with Crippen LogP contribution in [0, 0.1) is 0 Å². The molecule has 8 nitrogen and oxygen atoms in total. The molecular formula is C13H17N5O3S. The predicted octanol–water partition coefficient (Wildman–Crippen LogP) is -0.217. The quantitative estimate of drug-likeness (QED) is 0.610. The van der Waals surface area contributed by atoms with Gasteiger partial charge in [-0.3, -0.25) is 14.2 Å². The Morgan fingerprint density at radius 2 is 2.14 bits per heavy atom. The molecular weight excluding hydrogens is 306 g/mol. The lowest BCUT2D eigenvalue weighted by atomic mass is 10.3. The maximum absolute atomic E-state index is 11.9. The third-order valence-electron chi connectivity index (χ3n) is 3.14. The Kier molecular flexibility index (Phi) is 4.96. The van der Waals surface area contributed by atoms with E-state index in [0.29, 0.717) is 0 Å². The van der Waals surface area contributed by atoms with Crippen molar-refractivity contribution < 1.29 is 4.79 Å². The molecule has 1 N–H and O–H groups in total. The molecule has 0 unspecified atom stereocenters. The molecule has 0 fully saturated rings. The monoisotopic (exact) mass is 323 g/mol. The van der Waals surface area contributed by atoms with Gasteiger partial charge >= 0.3 is 5.69 Å². The van der Waals surface area contributed by atoms with Crippen LogP contribution in [0.2, 0.25) is 0 Å². The van der Waals surface area contributed by atoms with E-state index in [1.807, 2.05) is 13.0 Å². The molecule has 2 rings (SSSR count). The summed E-state index contributed by atoms with van der Waals surface area (Å²) in [5.41, 5.74) is 3.51. The smallest absolute Gasteiger partial charge is 0.272 e. The van der Waals surface area contributed by atoms with Crippen LogP contribution in [0.15, 0.2) is 31.4 Å². The maximum atomic E-state index is 11.9. The molecule has 0 spiro atoms. The second kappa shape index (κ2) is 6.73. The first-order valence-electron chi connectivity index (χ1n) is 6.68. The number of nitrogens with one attached hydrogen (secondary N) is 1. The minimum absolute atomic E-state index is 0.0000791. The summed E-state index contributed by atoms with van der Waals surface area (Å²) < 4.78 is 2.02. The van der Waals surface area contributed by atoms with Crippen LogP contribution in [-0.4, -0.2) is 31.7 Å². The van der Waals surface area contributed by atoms with Crippen molar-refractivity contribution in [1.29, 1.82) is 0 Å². The molecule has 1 aromatic rings. The molecule has 1 heterocycles. The molecule has 1 amide bonds. The number of amides is 1. The lowest BCUT2D eigenvalue weighted by Crippen LogP contribution is -2.39. The number of thioether (sulfide) groups is 1. The van der Waals surface area contributed by atoms with Gasteiger partial charge in [-0.15, -0.1) is 0 Å². The summed E-state index contributed by atoms with van der Waals surface area (Å²) in [6.45, 7) is 2.02. The maximum Gasteiger partial charge on any atom is 0.346 e. The van der Waals surface area contributed by atoms with Gasteiger partial charge in [-0.1, -0.05) is 17.3 Å². The zero-order valence-corrected chi connectivity index (χ0v) is 13.4. The molecule has 1 aromatic heterocycles. The van der Waals surface area contributed by atoms with E-state index in [1.165, 1.54) is 19.7 Å². The Bertz CT molecular complexity index is 775. The van der Waals surface area contributed by atoms with Gasteiger partial charge < -0.3 is 0 Å². The van der Waals surface area contributed by atoms with Gasteiger partial charge in [0.05, 0.1) is 11.5 Å². The highest BCUT2D eigenvalue weighted by molar-refractivity contribution is 7.99. The Morgan fingerprint density at radius 3 is 2.77 bits per heavy atom. The van der Waals surface area contributed by atoms with E-state index in [2.05, 4.69) is 15.6 Å². The van der Waals surface area contributed by atoms with Crippen LogP contribution in [0.5, 0.6) is 0 Å². The van der Waals surface area contributed by atoms with E-state index in [1.54, 1.807) is 0 Å². The van der Waals surface area contributed by atoms with E-state index in [0.717, 1.165) is 39.6 Å². The molecule has 0 aromatic carbocycles. The average Bonchev–Trinajstić information content (AvgIpc) is 2.91. The highest BCUT2D eigenvalue weighted by atomic mass is 32.2. The Labute approximate surface area is 130 Å². The largest absolute Gasteiger partial charge is 0.346 e. The molecule has 22 heavy (non-hydrogen) atoms. The van der Waals surface area contributed by atoms with E-state index < -0.39 is 11.2 Å². The van der Waals surface area contributed by atoms with Crippen LogP contribution >= 0.6 is 11.8 Å². The van der Waals surface area contributed by atoms with E-state index in [-0.39, 0.29) is 16.7 Å². The van der Waals surface area contributed by atoms with Crippen LogP contribution < -0.4 is 16.7 Å². The number of aromatic nitrogens is 3. The summed E-state index contributed by atoms with van der Waals surface area (Å²) in [7, 11) is 2.82. The van der Waals surface area contributed by atoms with Gasteiger partial charge in [0, 0.05) is 14.1 Å². The fourth-order valence-electron chi connectivity index (χ4n) is 1.90. The lowest BCUT2D eigenvalue weighted by Gasteiger charge is -2.04. The second-order valence-corrected chi connectivity index (χ2v) is 5.96. The van der Waals surface area contributed by atoms with Crippen molar-refractivity contribution in [3.63, 3.8) is 0 Å². The first-order chi connectivity index (χ1) is 10.4. The first-order valence-corrected chi connectivity index (χ1v) is 7.66. The molecule has 0 radical (unpaired) electrons. The zero-order valence-electron chi connectivity index (χ0n) is 12.6. The Hall–Kier alpha value is -2.16. The van der Waals surface area contributed by atoms with E-state index in [4.69, 9.17) is 0 Å². The molecule has 1 aliphatic rings. The van der Waals surface area contributed by atoms with Crippen molar-refractivity contribution in [1.82, 2.24) is 19.8 Å². The van der Waals surface area contributed by atoms with E-state index >= 15 is 0 Å². The van der Waals surface area contributed by atoms with Gasteiger partial charge in [0.2, 0.25) is 5.91 Å². The van der Waals surface area contributed by atoms with Crippen molar-refractivity contribution in [2.75, 3.05) is 5.75 Å². The van der Waals surface area contributed by atoms with Gasteiger partial charge in [-0.2, -0.15) is 10.2 Å². The van der Waals surface area contributed by atoms with Crippen LogP contribution in [-0.2, 0) is 18.9 Å². The Balaban J connectivity index is 1.98. The number of aryl methyl sites for hydroxylation is 1. The third kappa shape index (κ3) is 3.73. The molecule has 0 bridgehead atoms. The number of nitrogens with zero attached hydrogens (tertiary/aromatic N) is 4. The van der Waals surface area contributed by atoms with Gasteiger partial charge in [0.25, 0.3) is 5.56 Å². The van der Waals surface area contributed by atoms with Gasteiger partial charge in [-0.05, 0) is 25.8 Å². The molecule has 0 saturated carbocycles. The van der Waals surface area contributed by atoms with E-state index in [9.17, 15) is 14.4 Å². The average molecular weight is 323 g/mol. The number of allylic oxidation sites excluding steroid dienone is 2. The summed E-state index contributed by atoms with van der Waals surface area (Å²) in [5, 5.41) is 7.99. The van der Waals surface area contributed by atoms with Crippen molar-refractivity contribution in [2.24, 2.45) is 19.2 Å². The number of hydrogen-bond acceptors (Lipinski definition) is 6. The number of hydrogen-bond donors (Lipinski definition) is 1. The van der Waals surface area contributed by atoms with Gasteiger partial charge in [0.15, 0.2) is 5.03 Å². The number of carbonyl (C=O) groups excluding carboxylic acids is 1. The fourth-order valence-corrected chi connectivity index (χ4v) is 2.68. The standard InChI is InChI=1S/C13H17N5O3S/c1-8-4-5-9(6-8)14-15-10(19)7-22-11-12(20)17(2)13(21)18(3)16-11/h6H,4-5,7H2,1-3H3,(H,15,19)/b14-9+. The van der Waals surface area contributed by atoms with Crippen LogP contribution in [0.4, 0.5) is 0 Å². The van der Waals surface area contributed by atoms with Crippen molar-refractivity contribution in [2.45, 2.75) is 24.8 Å². The van der Waals surface area contributed by atoms with Crippen molar-refractivity contribution in [3.8, 4) is 0 Å². The predicted molar refractivity (Wildman–Crippen MR) is 84.0 cm³/mol. The lowest BCUT2D eigenvalue weighted by molar-refractivity contribution is -0.118. The number of carbonyl (C=O) groups is 1.